The first kappa shape index (κ1) is 14.2. The lowest BCUT2D eigenvalue weighted by Crippen LogP contribution is -2.17. The van der Waals surface area contributed by atoms with Crippen LogP contribution in [0.4, 0.5) is 0 Å². The number of rotatable bonds is 4. The summed E-state index contributed by atoms with van der Waals surface area (Å²) >= 11 is 3.57. The van der Waals surface area contributed by atoms with Crippen molar-refractivity contribution in [2.24, 2.45) is 0 Å². The molecule has 2 aromatic heterocycles. The maximum atomic E-state index is 5.11. The van der Waals surface area contributed by atoms with E-state index in [0.717, 1.165) is 39.9 Å². The number of fused-ring (bicyclic) bond motifs is 1. The van der Waals surface area contributed by atoms with Gasteiger partial charge in [0.15, 0.2) is 0 Å². The summed E-state index contributed by atoms with van der Waals surface area (Å²) in [6.45, 7) is 3.46. The third kappa shape index (κ3) is 3.31. The number of aromatic nitrogens is 2. The number of pyridine rings is 1. The Balaban J connectivity index is 1.84. The van der Waals surface area contributed by atoms with Gasteiger partial charge in [0.1, 0.15) is 5.76 Å². The van der Waals surface area contributed by atoms with Gasteiger partial charge < -0.3 is 4.52 Å². The Morgan fingerprint density at radius 1 is 1.24 bits per heavy atom. The van der Waals surface area contributed by atoms with E-state index in [0.29, 0.717) is 0 Å². The van der Waals surface area contributed by atoms with Crippen molar-refractivity contribution in [2.45, 2.75) is 20.0 Å². The highest BCUT2D eigenvalue weighted by molar-refractivity contribution is 9.10. The third-order valence-corrected chi connectivity index (χ3v) is 3.76. The summed E-state index contributed by atoms with van der Waals surface area (Å²) in [5.74, 6) is 0.841. The number of benzene rings is 1. The van der Waals surface area contributed by atoms with Crippen LogP contribution in [0, 0.1) is 6.92 Å². The van der Waals surface area contributed by atoms with Gasteiger partial charge in [-0.25, -0.2) is 0 Å². The van der Waals surface area contributed by atoms with Crippen molar-refractivity contribution in [1.29, 1.82) is 0 Å². The lowest BCUT2D eigenvalue weighted by Gasteiger charge is -2.16. The molecule has 0 atom stereocenters. The molecule has 108 valence electrons. The van der Waals surface area contributed by atoms with Crippen LogP contribution in [0.5, 0.6) is 0 Å². The highest BCUT2D eigenvalue weighted by Gasteiger charge is 2.09. The van der Waals surface area contributed by atoms with Crippen LogP contribution in [0.3, 0.4) is 0 Å². The van der Waals surface area contributed by atoms with Crippen LogP contribution in [0.2, 0.25) is 0 Å². The van der Waals surface area contributed by atoms with Crippen LogP contribution in [0.25, 0.3) is 10.9 Å². The molecule has 3 rings (SSSR count). The molecule has 4 nitrogen and oxygen atoms in total. The Morgan fingerprint density at radius 2 is 2.10 bits per heavy atom. The number of halogens is 1. The fraction of sp³-hybridized carbons (Fsp3) is 0.250. The Hall–Kier alpha value is -1.72. The predicted molar refractivity (Wildman–Crippen MR) is 85.9 cm³/mol. The van der Waals surface area contributed by atoms with E-state index >= 15 is 0 Å². The van der Waals surface area contributed by atoms with Gasteiger partial charge in [-0.05, 0) is 37.7 Å². The molecule has 0 N–H and O–H groups in total. The number of aryl methyl sites for hydroxylation is 1. The van der Waals surface area contributed by atoms with Crippen molar-refractivity contribution >= 4 is 26.8 Å². The molecule has 2 heterocycles. The summed E-state index contributed by atoms with van der Waals surface area (Å²) in [7, 11) is 2.07. The van der Waals surface area contributed by atoms with Crippen molar-refractivity contribution in [1.82, 2.24) is 15.0 Å². The zero-order valence-electron chi connectivity index (χ0n) is 12.0. The second kappa shape index (κ2) is 5.95. The molecular formula is C16H16BrN3O. The van der Waals surface area contributed by atoms with Crippen molar-refractivity contribution < 1.29 is 4.52 Å². The molecule has 5 heteroatoms. The van der Waals surface area contributed by atoms with E-state index < -0.39 is 0 Å². The summed E-state index contributed by atoms with van der Waals surface area (Å²) in [5, 5.41) is 5.18. The van der Waals surface area contributed by atoms with Crippen LogP contribution in [-0.4, -0.2) is 22.1 Å². The van der Waals surface area contributed by atoms with Crippen LogP contribution in [0.15, 0.2) is 45.5 Å². The van der Waals surface area contributed by atoms with Gasteiger partial charge in [0, 0.05) is 35.2 Å². The molecule has 0 spiro atoms. The van der Waals surface area contributed by atoms with Gasteiger partial charge in [0.05, 0.1) is 11.2 Å². The van der Waals surface area contributed by atoms with Crippen LogP contribution in [-0.2, 0) is 13.1 Å². The van der Waals surface area contributed by atoms with Gasteiger partial charge in [0.2, 0.25) is 0 Å². The first-order valence-corrected chi connectivity index (χ1v) is 7.55. The summed E-state index contributed by atoms with van der Waals surface area (Å²) in [4.78, 5) is 6.71. The third-order valence-electron chi connectivity index (χ3n) is 3.30. The van der Waals surface area contributed by atoms with Gasteiger partial charge in [-0.15, -0.1) is 0 Å². The van der Waals surface area contributed by atoms with E-state index in [9.17, 15) is 0 Å². The minimum absolute atomic E-state index is 0.748. The van der Waals surface area contributed by atoms with Crippen molar-refractivity contribution in [3.8, 4) is 0 Å². The lowest BCUT2D eigenvalue weighted by molar-refractivity contribution is 0.302. The SMILES string of the molecule is Cc1cc(CN(C)Cc2cc(Br)cc3cccnc23)no1. The monoisotopic (exact) mass is 345 g/mol. The molecule has 0 saturated heterocycles. The minimum Gasteiger partial charge on any atom is -0.361 e. The zero-order chi connectivity index (χ0) is 14.8. The molecule has 0 amide bonds. The van der Waals surface area contributed by atoms with Crippen LogP contribution >= 0.6 is 15.9 Å². The smallest absolute Gasteiger partial charge is 0.133 e. The topological polar surface area (TPSA) is 42.2 Å². The molecule has 0 aliphatic heterocycles. The fourth-order valence-electron chi connectivity index (χ4n) is 2.46. The summed E-state index contributed by atoms with van der Waals surface area (Å²) < 4.78 is 6.18. The highest BCUT2D eigenvalue weighted by Crippen LogP contribution is 2.23. The molecule has 21 heavy (non-hydrogen) atoms. The second-order valence-electron chi connectivity index (χ2n) is 5.24. The van der Waals surface area contributed by atoms with Gasteiger partial charge in [-0.2, -0.15) is 0 Å². The van der Waals surface area contributed by atoms with Crippen LogP contribution < -0.4 is 0 Å². The lowest BCUT2D eigenvalue weighted by atomic mass is 10.1. The van der Waals surface area contributed by atoms with E-state index in [-0.39, 0.29) is 0 Å². The summed E-state index contributed by atoms with van der Waals surface area (Å²) in [6.07, 6.45) is 1.83. The molecule has 0 radical (unpaired) electrons. The standard InChI is InChI=1S/C16H16BrN3O/c1-11-6-15(19-21-11)10-20(2)9-13-8-14(17)7-12-4-3-5-18-16(12)13/h3-8H,9-10H2,1-2H3. The molecule has 1 aromatic carbocycles. The molecule has 0 fully saturated rings. The Morgan fingerprint density at radius 3 is 2.86 bits per heavy atom. The summed E-state index contributed by atoms with van der Waals surface area (Å²) in [5.41, 5.74) is 3.19. The predicted octanol–water partition coefficient (Wildman–Crippen LogP) is 3.93. The van der Waals surface area contributed by atoms with E-state index in [2.05, 4.69) is 56.2 Å². The molecule has 0 bridgehead atoms. The van der Waals surface area contributed by atoms with Gasteiger partial charge >= 0.3 is 0 Å². The van der Waals surface area contributed by atoms with Crippen molar-refractivity contribution in [3.05, 3.63) is 58.0 Å². The quantitative estimate of drug-likeness (QED) is 0.718. The first-order valence-electron chi connectivity index (χ1n) is 6.76. The van der Waals surface area contributed by atoms with Gasteiger partial charge in [0.25, 0.3) is 0 Å². The van der Waals surface area contributed by atoms with E-state index in [4.69, 9.17) is 4.52 Å². The minimum atomic E-state index is 0.748. The van der Waals surface area contributed by atoms with E-state index in [1.807, 2.05) is 25.3 Å². The highest BCUT2D eigenvalue weighted by atomic mass is 79.9. The normalized spacial score (nSPS) is 11.4. The molecule has 0 unspecified atom stereocenters. The molecule has 0 aliphatic rings. The van der Waals surface area contributed by atoms with Gasteiger partial charge in [-0.3, -0.25) is 9.88 Å². The second-order valence-corrected chi connectivity index (χ2v) is 6.16. The average Bonchev–Trinajstić information content (AvgIpc) is 2.83. The molecule has 0 saturated carbocycles. The van der Waals surface area contributed by atoms with E-state index in [1.165, 1.54) is 5.56 Å². The van der Waals surface area contributed by atoms with Gasteiger partial charge in [-0.1, -0.05) is 27.2 Å². The summed E-state index contributed by atoms with van der Waals surface area (Å²) in [6, 6.07) is 10.2. The zero-order valence-corrected chi connectivity index (χ0v) is 13.6. The number of hydrogen-bond donors (Lipinski definition) is 0. The fourth-order valence-corrected chi connectivity index (χ4v) is 2.99. The first-order chi connectivity index (χ1) is 10.1. The van der Waals surface area contributed by atoms with Crippen molar-refractivity contribution in [3.63, 3.8) is 0 Å². The molecule has 3 aromatic rings. The Labute approximate surface area is 131 Å². The molecule has 0 aliphatic carbocycles. The maximum absolute atomic E-state index is 5.11. The Bertz CT molecular complexity index is 769. The average molecular weight is 346 g/mol. The number of nitrogens with zero attached hydrogens (tertiary/aromatic N) is 3. The number of hydrogen-bond acceptors (Lipinski definition) is 4. The molecular weight excluding hydrogens is 330 g/mol. The Kier molecular flexibility index (Phi) is 4.03. The maximum Gasteiger partial charge on any atom is 0.133 e. The van der Waals surface area contributed by atoms with Crippen LogP contribution in [0.1, 0.15) is 17.0 Å². The van der Waals surface area contributed by atoms with Crippen molar-refractivity contribution in [2.75, 3.05) is 7.05 Å². The van der Waals surface area contributed by atoms with E-state index in [1.54, 1.807) is 0 Å². The largest absolute Gasteiger partial charge is 0.361 e.